The Morgan fingerprint density at radius 1 is 0.941 bits per heavy atom. The molecule has 5 rings (SSSR count). The predicted octanol–water partition coefficient (Wildman–Crippen LogP) is 6.21. The highest BCUT2D eigenvalue weighted by Gasteiger charge is 2.68. The van der Waals surface area contributed by atoms with Gasteiger partial charge in [0.15, 0.2) is 0 Å². The Bertz CT molecular complexity index is 911. The standard InChI is InChI=1S/C30H48O4/c1-25-13-14-26(2,24(33)34)17-20(25)19-7-8-22-27(3)11-10-23(32)28(4,18-31)21(27)9-12-30(22,6)29(19,5)16-15-25/h7,20-23,31-32H,8-18H2,1-6H3,(H,33,34)/t20-,21?,22-,23+,25-,26+,27+,28?,29-,30-/m1/s1. The first-order valence-electron chi connectivity index (χ1n) is 13.9. The van der Waals surface area contributed by atoms with Gasteiger partial charge in [0.2, 0.25) is 0 Å². The van der Waals surface area contributed by atoms with E-state index in [2.05, 4.69) is 40.7 Å². The molecular weight excluding hydrogens is 424 g/mol. The van der Waals surface area contributed by atoms with E-state index in [4.69, 9.17) is 0 Å². The van der Waals surface area contributed by atoms with E-state index in [1.54, 1.807) is 5.57 Å². The quantitative estimate of drug-likeness (QED) is 0.418. The fourth-order valence-corrected chi connectivity index (χ4v) is 10.6. The second-order valence-electron chi connectivity index (χ2n) is 14.8. The van der Waals surface area contributed by atoms with Gasteiger partial charge < -0.3 is 15.3 Å². The summed E-state index contributed by atoms with van der Waals surface area (Å²) < 4.78 is 0. The lowest BCUT2D eigenvalue weighted by molar-refractivity contribution is -0.215. The minimum absolute atomic E-state index is 0.0599. The van der Waals surface area contributed by atoms with Gasteiger partial charge in [0.05, 0.1) is 18.1 Å². The maximum absolute atomic E-state index is 12.2. The maximum Gasteiger partial charge on any atom is 0.309 e. The van der Waals surface area contributed by atoms with Crippen LogP contribution in [0.5, 0.6) is 0 Å². The van der Waals surface area contributed by atoms with Gasteiger partial charge in [0, 0.05) is 5.41 Å². The van der Waals surface area contributed by atoms with Crippen molar-refractivity contribution < 1.29 is 20.1 Å². The smallest absolute Gasteiger partial charge is 0.309 e. The second-order valence-corrected chi connectivity index (χ2v) is 14.8. The highest BCUT2D eigenvalue weighted by molar-refractivity contribution is 5.74. The molecule has 0 aromatic rings. The van der Waals surface area contributed by atoms with Crippen LogP contribution in [0, 0.1) is 50.2 Å². The first-order valence-corrected chi connectivity index (χ1v) is 13.9. The van der Waals surface area contributed by atoms with Gasteiger partial charge in [-0.15, -0.1) is 0 Å². The van der Waals surface area contributed by atoms with E-state index < -0.39 is 22.9 Å². The summed E-state index contributed by atoms with van der Waals surface area (Å²) in [6.07, 6.45) is 12.2. The van der Waals surface area contributed by atoms with Crippen molar-refractivity contribution >= 4 is 5.97 Å². The van der Waals surface area contributed by atoms with Crippen LogP contribution in [0.2, 0.25) is 0 Å². The number of hydrogen-bond acceptors (Lipinski definition) is 3. The predicted molar refractivity (Wildman–Crippen MR) is 134 cm³/mol. The fraction of sp³-hybridized carbons (Fsp3) is 0.900. The first kappa shape index (κ1) is 24.8. The number of allylic oxidation sites excluding steroid dienone is 2. The molecule has 4 nitrogen and oxygen atoms in total. The summed E-state index contributed by atoms with van der Waals surface area (Å²) in [5.74, 6) is 0.605. The normalized spacial score (nSPS) is 56.9. The SMILES string of the molecule is CC1(CO)C2CC[C@]3(C)[C@H](CC=C4[C@H]5C[C@@](C)(C(=O)O)CC[C@]5(C)CC[C@]43C)[C@@]2(C)CC[C@@H]1O. The molecule has 0 bridgehead atoms. The molecule has 0 heterocycles. The lowest BCUT2D eigenvalue weighted by Gasteiger charge is -2.71. The third-order valence-corrected chi connectivity index (χ3v) is 13.5. The van der Waals surface area contributed by atoms with E-state index in [9.17, 15) is 20.1 Å². The molecule has 10 atom stereocenters. The molecule has 0 aromatic heterocycles. The molecule has 34 heavy (non-hydrogen) atoms. The summed E-state index contributed by atoms with van der Waals surface area (Å²) in [4.78, 5) is 12.2. The molecule has 5 aliphatic carbocycles. The topological polar surface area (TPSA) is 77.8 Å². The van der Waals surface area contributed by atoms with Crippen LogP contribution in [0.25, 0.3) is 0 Å². The summed E-state index contributed by atoms with van der Waals surface area (Å²) in [6, 6.07) is 0. The fourth-order valence-electron chi connectivity index (χ4n) is 10.6. The summed E-state index contributed by atoms with van der Waals surface area (Å²) in [6.45, 7) is 14.1. The molecular formula is C30H48O4. The van der Waals surface area contributed by atoms with Crippen molar-refractivity contribution in [1.29, 1.82) is 0 Å². The van der Waals surface area contributed by atoms with Crippen molar-refractivity contribution in [2.45, 2.75) is 112 Å². The molecule has 0 radical (unpaired) electrons. The molecule has 2 unspecified atom stereocenters. The van der Waals surface area contributed by atoms with Crippen LogP contribution < -0.4 is 0 Å². The van der Waals surface area contributed by atoms with Crippen molar-refractivity contribution in [3.8, 4) is 0 Å². The molecule has 0 spiro atoms. The number of aliphatic hydroxyl groups excluding tert-OH is 2. The van der Waals surface area contributed by atoms with Crippen molar-refractivity contribution in [2.24, 2.45) is 50.2 Å². The van der Waals surface area contributed by atoms with Crippen LogP contribution in [0.4, 0.5) is 0 Å². The van der Waals surface area contributed by atoms with Gasteiger partial charge >= 0.3 is 5.97 Å². The zero-order valence-electron chi connectivity index (χ0n) is 22.4. The summed E-state index contributed by atoms with van der Waals surface area (Å²) in [5.41, 5.74) is 1.13. The Labute approximate surface area is 206 Å². The van der Waals surface area contributed by atoms with Crippen LogP contribution >= 0.6 is 0 Å². The zero-order valence-corrected chi connectivity index (χ0v) is 22.4. The van der Waals surface area contributed by atoms with Crippen LogP contribution in [-0.2, 0) is 4.79 Å². The highest BCUT2D eigenvalue weighted by Crippen LogP contribution is 2.75. The molecule has 3 N–H and O–H groups in total. The lowest BCUT2D eigenvalue weighted by Crippen LogP contribution is -2.65. The number of rotatable bonds is 2. The Kier molecular flexibility index (Phi) is 5.36. The molecule has 0 amide bonds. The van der Waals surface area contributed by atoms with E-state index in [0.29, 0.717) is 17.8 Å². The Balaban J connectivity index is 1.57. The first-order chi connectivity index (χ1) is 15.7. The summed E-state index contributed by atoms with van der Waals surface area (Å²) in [7, 11) is 0. The Hall–Kier alpha value is -0.870. The van der Waals surface area contributed by atoms with Gasteiger partial charge in [-0.05, 0) is 111 Å². The van der Waals surface area contributed by atoms with Gasteiger partial charge in [-0.3, -0.25) is 4.79 Å². The van der Waals surface area contributed by atoms with Crippen LogP contribution in [0.1, 0.15) is 106 Å². The monoisotopic (exact) mass is 472 g/mol. The number of hydrogen-bond donors (Lipinski definition) is 3. The Morgan fingerprint density at radius 2 is 1.62 bits per heavy atom. The number of carbonyl (C=O) groups is 1. The van der Waals surface area contributed by atoms with E-state index in [1.165, 1.54) is 12.8 Å². The van der Waals surface area contributed by atoms with Crippen LogP contribution in [0.3, 0.4) is 0 Å². The third kappa shape index (κ3) is 2.88. The molecule has 5 aliphatic rings. The summed E-state index contributed by atoms with van der Waals surface area (Å²) >= 11 is 0. The van der Waals surface area contributed by atoms with Gasteiger partial charge in [0.25, 0.3) is 0 Å². The van der Waals surface area contributed by atoms with Gasteiger partial charge in [-0.25, -0.2) is 0 Å². The van der Waals surface area contributed by atoms with Gasteiger partial charge in [-0.1, -0.05) is 46.3 Å². The van der Waals surface area contributed by atoms with Crippen LogP contribution in [-0.4, -0.2) is 34.0 Å². The average Bonchev–Trinajstić information content (AvgIpc) is 2.78. The van der Waals surface area contributed by atoms with E-state index in [1.807, 2.05) is 6.92 Å². The molecule has 4 heteroatoms. The van der Waals surface area contributed by atoms with E-state index in [-0.39, 0.29) is 28.3 Å². The molecule has 4 fully saturated rings. The molecule has 4 saturated carbocycles. The number of aliphatic hydroxyl groups is 2. The molecule has 192 valence electrons. The third-order valence-electron chi connectivity index (χ3n) is 13.5. The van der Waals surface area contributed by atoms with Gasteiger partial charge in [-0.2, -0.15) is 0 Å². The number of carboxylic acid groups (broad SMARTS) is 1. The van der Waals surface area contributed by atoms with Crippen molar-refractivity contribution in [1.82, 2.24) is 0 Å². The molecule has 0 aliphatic heterocycles. The van der Waals surface area contributed by atoms with E-state index >= 15 is 0 Å². The van der Waals surface area contributed by atoms with Crippen molar-refractivity contribution in [3.63, 3.8) is 0 Å². The minimum Gasteiger partial charge on any atom is -0.481 e. The summed E-state index contributed by atoms with van der Waals surface area (Å²) in [5, 5.41) is 31.4. The Morgan fingerprint density at radius 3 is 2.26 bits per heavy atom. The number of fused-ring (bicyclic) bond motifs is 7. The highest BCUT2D eigenvalue weighted by atomic mass is 16.4. The largest absolute Gasteiger partial charge is 0.481 e. The van der Waals surface area contributed by atoms with Crippen molar-refractivity contribution in [2.75, 3.05) is 6.61 Å². The van der Waals surface area contributed by atoms with E-state index in [0.717, 1.165) is 51.4 Å². The van der Waals surface area contributed by atoms with Crippen molar-refractivity contribution in [3.05, 3.63) is 11.6 Å². The van der Waals surface area contributed by atoms with Gasteiger partial charge in [0.1, 0.15) is 0 Å². The number of aliphatic carboxylic acids is 1. The average molecular weight is 473 g/mol. The number of carboxylic acids is 1. The minimum atomic E-state index is -0.626. The molecule has 0 saturated heterocycles. The second kappa shape index (κ2) is 7.34. The lowest BCUT2D eigenvalue weighted by atomic mass is 9.33. The molecule has 0 aromatic carbocycles. The zero-order chi connectivity index (χ0) is 24.9. The maximum atomic E-state index is 12.2. The van der Waals surface area contributed by atoms with Crippen LogP contribution in [0.15, 0.2) is 11.6 Å².